The van der Waals surface area contributed by atoms with Gasteiger partial charge in [0, 0.05) is 32.9 Å². The monoisotopic (exact) mass is 354 g/mol. The third kappa shape index (κ3) is 5.45. The molecule has 134 valence electrons. The number of hydrogen-bond donors (Lipinski definition) is 0. The predicted octanol–water partition coefficient (Wildman–Crippen LogP) is 2.99. The van der Waals surface area contributed by atoms with E-state index in [1.807, 2.05) is 12.1 Å². The van der Waals surface area contributed by atoms with E-state index in [0.29, 0.717) is 23.1 Å². The quantitative estimate of drug-likeness (QED) is 0.279. The molecule has 1 aromatic rings. The van der Waals surface area contributed by atoms with E-state index in [1.54, 1.807) is 34.3 Å². The lowest BCUT2D eigenvalue weighted by atomic mass is 10.1. The second-order valence-corrected chi connectivity index (χ2v) is 8.39. The van der Waals surface area contributed by atoms with Gasteiger partial charge in [-0.05, 0) is 37.5 Å². The van der Waals surface area contributed by atoms with Crippen LogP contribution in [-0.4, -0.2) is 43.2 Å². The van der Waals surface area contributed by atoms with Gasteiger partial charge in [-0.3, -0.25) is 0 Å². The van der Waals surface area contributed by atoms with Gasteiger partial charge in [-0.25, -0.2) is 4.79 Å². The molecule has 0 bridgehead atoms. The fourth-order valence-corrected chi connectivity index (χ4v) is 3.93. The lowest BCUT2D eigenvalue weighted by Gasteiger charge is -2.24. The smallest absolute Gasteiger partial charge is 0.493 e. The Kier molecular flexibility index (Phi) is 8.13. The Labute approximate surface area is 144 Å². The van der Waals surface area contributed by atoms with E-state index in [1.165, 1.54) is 7.11 Å². The van der Waals surface area contributed by atoms with Gasteiger partial charge in [-0.1, -0.05) is 12.6 Å². The van der Waals surface area contributed by atoms with Gasteiger partial charge in [0.05, 0.1) is 7.11 Å². The first-order chi connectivity index (χ1) is 11.4. The molecule has 0 heterocycles. The number of hydrogen-bond acceptors (Lipinski definition) is 6. The van der Waals surface area contributed by atoms with Gasteiger partial charge in [0.1, 0.15) is 0 Å². The van der Waals surface area contributed by atoms with E-state index in [4.69, 9.17) is 22.8 Å². The summed E-state index contributed by atoms with van der Waals surface area (Å²) in [7, 11) is 3.80. The largest absolute Gasteiger partial charge is 0.500 e. The van der Waals surface area contributed by atoms with Crippen LogP contribution in [0.15, 0.2) is 30.4 Å². The van der Waals surface area contributed by atoms with Crippen LogP contribution in [0.4, 0.5) is 0 Å². The van der Waals surface area contributed by atoms with Crippen LogP contribution in [-0.2, 0) is 24.5 Å². The number of benzene rings is 1. The zero-order valence-electron chi connectivity index (χ0n) is 15.0. The van der Waals surface area contributed by atoms with Crippen LogP contribution in [0, 0.1) is 0 Å². The number of carbonyl (C=O) groups is 1. The number of methoxy groups -OCH3 is 1. The van der Waals surface area contributed by atoms with Crippen LogP contribution in [0.5, 0.6) is 11.5 Å². The molecule has 0 radical (unpaired) electrons. The minimum absolute atomic E-state index is 0.334. The summed E-state index contributed by atoms with van der Waals surface area (Å²) in [4.78, 5) is 11.6. The third-order valence-corrected chi connectivity index (χ3v) is 6.49. The Morgan fingerprint density at radius 2 is 1.71 bits per heavy atom. The van der Waals surface area contributed by atoms with Crippen molar-refractivity contribution < 1.29 is 27.5 Å². The SMILES string of the molecule is C=C(C)C(=O)Oc1ccc(CCC[Si](OC)(OC)OC)cc1OC. The summed E-state index contributed by atoms with van der Waals surface area (Å²) in [5.74, 6) is 0.414. The molecule has 0 aliphatic heterocycles. The molecule has 0 aliphatic carbocycles. The van der Waals surface area contributed by atoms with Crippen LogP contribution >= 0.6 is 0 Å². The van der Waals surface area contributed by atoms with Gasteiger partial charge < -0.3 is 22.8 Å². The first kappa shape index (κ1) is 20.4. The summed E-state index contributed by atoms with van der Waals surface area (Å²) < 4.78 is 26.8. The molecule has 1 rings (SSSR count). The molecule has 1 aromatic carbocycles. The van der Waals surface area contributed by atoms with Gasteiger partial charge in [-0.15, -0.1) is 0 Å². The zero-order chi connectivity index (χ0) is 18.2. The molecule has 0 spiro atoms. The summed E-state index contributed by atoms with van der Waals surface area (Å²) >= 11 is 0. The molecule has 0 aromatic heterocycles. The van der Waals surface area contributed by atoms with Gasteiger partial charge in [0.15, 0.2) is 11.5 Å². The number of aryl methyl sites for hydroxylation is 1. The number of carbonyl (C=O) groups excluding carboxylic acids is 1. The lowest BCUT2D eigenvalue weighted by Crippen LogP contribution is -2.42. The summed E-state index contributed by atoms with van der Waals surface area (Å²) in [6, 6.07) is 6.20. The highest BCUT2D eigenvalue weighted by atomic mass is 28.4. The lowest BCUT2D eigenvalue weighted by molar-refractivity contribution is -0.130. The highest BCUT2D eigenvalue weighted by Crippen LogP contribution is 2.29. The first-order valence-electron chi connectivity index (χ1n) is 7.61. The van der Waals surface area contributed by atoms with Crippen molar-refractivity contribution in [2.45, 2.75) is 25.8 Å². The van der Waals surface area contributed by atoms with E-state index in [-0.39, 0.29) is 0 Å². The molecule has 24 heavy (non-hydrogen) atoms. The third-order valence-electron chi connectivity index (χ3n) is 3.66. The molecule has 0 amide bonds. The highest BCUT2D eigenvalue weighted by molar-refractivity contribution is 6.60. The van der Waals surface area contributed by atoms with Crippen molar-refractivity contribution in [2.24, 2.45) is 0 Å². The van der Waals surface area contributed by atoms with Crippen LogP contribution in [0.1, 0.15) is 18.9 Å². The Morgan fingerprint density at radius 1 is 1.08 bits per heavy atom. The highest BCUT2D eigenvalue weighted by Gasteiger charge is 2.36. The molecule has 0 unspecified atom stereocenters. The van der Waals surface area contributed by atoms with Crippen LogP contribution in [0.25, 0.3) is 0 Å². The average Bonchev–Trinajstić information content (AvgIpc) is 2.60. The van der Waals surface area contributed by atoms with Crippen molar-refractivity contribution in [3.63, 3.8) is 0 Å². The molecule has 0 N–H and O–H groups in total. The van der Waals surface area contributed by atoms with Crippen molar-refractivity contribution in [2.75, 3.05) is 28.4 Å². The van der Waals surface area contributed by atoms with E-state index >= 15 is 0 Å². The van der Waals surface area contributed by atoms with Crippen molar-refractivity contribution in [3.8, 4) is 11.5 Å². The zero-order valence-corrected chi connectivity index (χ0v) is 16.0. The van der Waals surface area contributed by atoms with Crippen molar-refractivity contribution in [1.29, 1.82) is 0 Å². The molecule has 7 heteroatoms. The van der Waals surface area contributed by atoms with Crippen molar-refractivity contribution in [1.82, 2.24) is 0 Å². The number of esters is 1. The topological polar surface area (TPSA) is 63.2 Å². The van der Waals surface area contributed by atoms with E-state index in [9.17, 15) is 4.79 Å². The fourth-order valence-electron chi connectivity index (χ4n) is 2.20. The van der Waals surface area contributed by atoms with Crippen LogP contribution in [0.3, 0.4) is 0 Å². The Balaban J connectivity index is 2.74. The molecule has 0 aliphatic rings. The summed E-state index contributed by atoms with van der Waals surface area (Å²) in [6.07, 6.45) is 1.64. The van der Waals surface area contributed by atoms with Crippen LogP contribution < -0.4 is 9.47 Å². The maximum Gasteiger partial charge on any atom is 0.500 e. The fraction of sp³-hybridized carbons (Fsp3) is 0.471. The minimum atomic E-state index is -2.55. The number of rotatable bonds is 10. The Hall–Kier alpha value is -1.67. The van der Waals surface area contributed by atoms with Gasteiger partial charge in [-0.2, -0.15) is 0 Å². The average molecular weight is 354 g/mol. The standard InChI is InChI=1S/C17H26O6Si/c1-13(2)17(18)23-15-10-9-14(12-16(15)19-3)8-7-11-24(20-4,21-5)22-6/h9-10,12H,1,7-8,11H2,2-6H3. The molecular formula is C17H26O6Si. The molecule has 0 atom stereocenters. The minimum Gasteiger partial charge on any atom is -0.493 e. The Morgan fingerprint density at radius 3 is 2.21 bits per heavy atom. The maximum atomic E-state index is 11.6. The van der Waals surface area contributed by atoms with Gasteiger partial charge >= 0.3 is 14.8 Å². The predicted molar refractivity (Wildman–Crippen MR) is 93.4 cm³/mol. The molecule has 0 saturated heterocycles. The van der Waals surface area contributed by atoms with Crippen LogP contribution in [0.2, 0.25) is 6.04 Å². The summed E-state index contributed by atoms with van der Waals surface area (Å²) in [5, 5.41) is 0. The van der Waals surface area contributed by atoms with Gasteiger partial charge in [0.2, 0.25) is 0 Å². The normalized spacial score (nSPS) is 11.2. The Bertz CT molecular complexity index is 560. The second kappa shape index (κ2) is 9.58. The van der Waals surface area contributed by atoms with Crippen molar-refractivity contribution >= 4 is 14.8 Å². The van der Waals surface area contributed by atoms with Crippen molar-refractivity contribution in [3.05, 3.63) is 35.9 Å². The van der Waals surface area contributed by atoms with E-state index in [0.717, 1.165) is 18.4 Å². The first-order valence-corrected chi connectivity index (χ1v) is 9.54. The summed E-state index contributed by atoms with van der Waals surface area (Å²) in [6.45, 7) is 5.16. The summed E-state index contributed by atoms with van der Waals surface area (Å²) in [5.41, 5.74) is 1.40. The second-order valence-electron chi connectivity index (χ2n) is 5.30. The molecule has 0 fully saturated rings. The molecule has 0 saturated carbocycles. The van der Waals surface area contributed by atoms with Gasteiger partial charge in [0.25, 0.3) is 0 Å². The number of ether oxygens (including phenoxy) is 2. The molecular weight excluding hydrogens is 328 g/mol. The van der Waals surface area contributed by atoms with E-state index in [2.05, 4.69) is 6.58 Å². The molecule has 6 nitrogen and oxygen atoms in total. The maximum absolute atomic E-state index is 11.6. The van der Waals surface area contributed by atoms with E-state index < -0.39 is 14.8 Å².